The van der Waals surface area contributed by atoms with Crippen LogP contribution in [0.25, 0.3) is 0 Å². The number of carbonyl (C=O) groups is 2. The summed E-state index contributed by atoms with van der Waals surface area (Å²) in [7, 11) is 3.16. The molecule has 0 aliphatic carbocycles. The van der Waals surface area contributed by atoms with Crippen molar-refractivity contribution < 1.29 is 24.2 Å². The minimum atomic E-state index is -0.742. The van der Waals surface area contributed by atoms with E-state index in [1.807, 2.05) is 12.1 Å². The topological polar surface area (TPSA) is 115 Å². The van der Waals surface area contributed by atoms with Gasteiger partial charge in [0.15, 0.2) is 5.69 Å². The molecular formula is C18H22N4O5. The average molecular weight is 374 g/mol. The molecule has 0 saturated carbocycles. The molecule has 27 heavy (non-hydrogen) atoms. The fourth-order valence-electron chi connectivity index (χ4n) is 2.87. The number of carbonyl (C=O) groups excluding carboxylic acids is 2. The van der Waals surface area contributed by atoms with Gasteiger partial charge in [-0.15, -0.1) is 0 Å². The first-order valence-electron chi connectivity index (χ1n) is 8.55. The number of amides is 2. The smallest absolute Gasteiger partial charge is 0.271 e. The molecule has 2 heterocycles. The second kappa shape index (κ2) is 8.09. The van der Waals surface area contributed by atoms with Gasteiger partial charge in [0, 0.05) is 25.2 Å². The third-order valence-electron chi connectivity index (χ3n) is 4.30. The summed E-state index contributed by atoms with van der Waals surface area (Å²) in [6, 6.07) is 6.93. The maximum Gasteiger partial charge on any atom is 0.271 e. The quantitative estimate of drug-likeness (QED) is 0.655. The first-order chi connectivity index (χ1) is 13.0. The molecule has 1 atom stereocenters. The number of methoxy groups -OCH3 is 2. The Morgan fingerprint density at radius 3 is 2.93 bits per heavy atom. The van der Waals surface area contributed by atoms with Gasteiger partial charge >= 0.3 is 0 Å². The van der Waals surface area contributed by atoms with Crippen LogP contribution in [-0.2, 0) is 13.0 Å². The number of fused-ring (bicyclic) bond motifs is 1. The van der Waals surface area contributed by atoms with Crippen molar-refractivity contribution in [3.05, 3.63) is 41.2 Å². The molecule has 3 N–H and O–H groups in total. The maximum atomic E-state index is 12.3. The Kier molecular flexibility index (Phi) is 5.60. The summed E-state index contributed by atoms with van der Waals surface area (Å²) in [5.74, 6) is 0.633. The second-order valence-electron chi connectivity index (χ2n) is 6.14. The normalized spacial score (nSPS) is 16.1. The second-order valence-corrected chi connectivity index (χ2v) is 6.14. The van der Waals surface area contributed by atoms with Crippen molar-refractivity contribution in [2.45, 2.75) is 19.1 Å². The predicted octanol–water partition coefficient (Wildman–Crippen LogP) is -0.0229. The van der Waals surface area contributed by atoms with Crippen LogP contribution in [0.4, 0.5) is 0 Å². The van der Waals surface area contributed by atoms with E-state index in [4.69, 9.17) is 9.47 Å². The van der Waals surface area contributed by atoms with E-state index in [0.717, 1.165) is 5.56 Å². The highest BCUT2D eigenvalue weighted by molar-refractivity contribution is 5.98. The SMILES string of the molecule is COc1ccc(CCNC(=O)c2cc3n(n2)CC(O)CNC3=O)c(OC)c1. The molecule has 1 aromatic heterocycles. The number of nitrogens with zero attached hydrogens (tertiary/aromatic N) is 2. The van der Waals surface area contributed by atoms with Crippen LogP contribution in [0.2, 0.25) is 0 Å². The lowest BCUT2D eigenvalue weighted by molar-refractivity contribution is 0.0931. The van der Waals surface area contributed by atoms with Crippen molar-refractivity contribution in [2.75, 3.05) is 27.3 Å². The van der Waals surface area contributed by atoms with Crippen LogP contribution < -0.4 is 20.1 Å². The van der Waals surface area contributed by atoms with E-state index in [2.05, 4.69) is 15.7 Å². The highest BCUT2D eigenvalue weighted by Gasteiger charge is 2.24. The standard InChI is InChI=1S/C18H22N4O5/c1-26-13-4-3-11(16(7-13)27-2)5-6-19-17(24)14-8-15-18(25)20-9-12(23)10-22(15)21-14/h3-4,7-8,12,23H,5-6,9-10H2,1-2H3,(H,19,24)(H,20,25). The zero-order valence-corrected chi connectivity index (χ0v) is 15.2. The van der Waals surface area contributed by atoms with E-state index in [0.29, 0.717) is 24.5 Å². The van der Waals surface area contributed by atoms with Gasteiger partial charge in [0.1, 0.15) is 17.2 Å². The number of aliphatic hydroxyl groups is 1. The molecule has 3 rings (SSSR count). The number of β-amino-alcohol motifs (C(OH)–C–C–N with tert-alkyl or cyclic N) is 1. The number of hydrogen-bond acceptors (Lipinski definition) is 6. The van der Waals surface area contributed by atoms with Gasteiger partial charge in [-0.2, -0.15) is 5.10 Å². The average Bonchev–Trinajstić information content (AvgIpc) is 3.04. The molecule has 144 valence electrons. The molecule has 1 aromatic carbocycles. The fourth-order valence-corrected chi connectivity index (χ4v) is 2.87. The monoisotopic (exact) mass is 374 g/mol. The first kappa shape index (κ1) is 18.7. The lowest BCUT2D eigenvalue weighted by atomic mass is 10.1. The summed E-state index contributed by atoms with van der Waals surface area (Å²) in [5.41, 5.74) is 1.33. The number of rotatable bonds is 6. The Bertz CT molecular complexity index is 848. The molecule has 1 unspecified atom stereocenters. The van der Waals surface area contributed by atoms with Crippen molar-refractivity contribution in [1.82, 2.24) is 20.4 Å². The number of aliphatic hydroxyl groups excluding tert-OH is 1. The number of aromatic nitrogens is 2. The highest BCUT2D eigenvalue weighted by atomic mass is 16.5. The predicted molar refractivity (Wildman–Crippen MR) is 96.2 cm³/mol. The third kappa shape index (κ3) is 4.20. The molecule has 0 saturated heterocycles. The largest absolute Gasteiger partial charge is 0.497 e. The van der Waals surface area contributed by atoms with Gasteiger partial charge in [-0.05, 0) is 18.1 Å². The van der Waals surface area contributed by atoms with E-state index in [9.17, 15) is 14.7 Å². The molecular weight excluding hydrogens is 352 g/mol. The summed E-state index contributed by atoms with van der Waals surface area (Å²) >= 11 is 0. The van der Waals surface area contributed by atoms with Crippen LogP contribution in [0.15, 0.2) is 24.3 Å². The minimum Gasteiger partial charge on any atom is -0.497 e. The van der Waals surface area contributed by atoms with E-state index < -0.39 is 6.10 Å². The van der Waals surface area contributed by atoms with E-state index in [-0.39, 0.29) is 36.3 Å². The van der Waals surface area contributed by atoms with Gasteiger partial charge in [0.05, 0.1) is 26.9 Å². The van der Waals surface area contributed by atoms with Gasteiger partial charge in [0.25, 0.3) is 11.8 Å². The molecule has 2 amide bonds. The summed E-state index contributed by atoms with van der Waals surface area (Å²) in [4.78, 5) is 24.3. The number of hydrogen-bond donors (Lipinski definition) is 3. The van der Waals surface area contributed by atoms with E-state index >= 15 is 0 Å². The van der Waals surface area contributed by atoms with Gasteiger partial charge in [-0.3, -0.25) is 14.3 Å². The zero-order valence-electron chi connectivity index (χ0n) is 15.2. The molecule has 9 nitrogen and oxygen atoms in total. The highest BCUT2D eigenvalue weighted by Crippen LogP contribution is 2.24. The van der Waals surface area contributed by atoms with Crippen molar-refractivity contribution in [1.29, 1.82) is 0 Å². The van der Waals surface area contributed by atoms with Crippen LogP contribution in [0.1, 0.15) is 26.5 Å². The molecule has 1 aliphatic rings. The van der Waals surface area contributed by atoms with Crippen molar-refractivity contribution in [2.24, 2.45) is 0 Å². The first-order valence-corrected chi connectivity index (χ1v) is 8.55. The van der Waals surface area contributed by atoms with E-state index in [1.165, 1.54) is 10.7 Å². The van der Waals surface area contributed by atoms with Crippen LogP contribution in [0.3, 0.4) is 0 Å². The summed E-state index contributed by atoms with van der Waals surface area (Å²) < 4.78 is 11.9. The lowest BCUT2D eigenvalue weighted by Gasteiger charge is -2.10. The Morgan fingerprint density at radius 2 is 2.19 bits per heavy atom. The molecule has 9 heteroatoms. The van der Waals surface area contributed by atoms with Crippen molar-refractivity contribution >= 4 is 11.8 Å². The third-order valence-corrected chi connectivity index (χ3v) is 4.30. The summed E-state index contributed by atoms with van der Waals surface area (Å²) in [5, 5.41) is 19.3. The zero-order chi connectivity index (χ0) is 19.4. The molecule has 1 aliphatic heterocycles. The molecule has 0 bridgehead atoms. The van der Waals surface area contributed by atoms with Crippen LogP contribution in [0, 0.1) is 0 Å². The lowest BCUT2D eigenvalue weighted by Crippen LogP contribution is -2.30. The Hall–Kier alpha value is -3.07. The minimum absolute atomic E-state index is 0.135. The Labute approximate surface area is 156 Å². The van der Waals surface area contributed by atoms with Gasteiger partial charge < -0.3 is 25.2 Å². The van der Waals surface area contributed by atoms with Gasteiger partial charge in [-0.1, -0.05) is 6.07 Å². The van der Waals surface area contributed by atoms with Crippen molar-refractivity contribution in [3.63, 3.8) is 0 Å². The fraction of sp³-hybridized carbons (Fsp3) is 0.389. The summed E-state index contributed by atoms with van der Waals surface area (Å²) in [6.45, 7) is 0.691. The number of nitrogens with one attached hydrogen (secondary N) is 2. The molecule has 0 radical (unpaired) electrons. The maximum absolute atomic E-state index is 12.3. The molecule has 0 fully saturated rings. The van der Waals surface area contributed by atoms with Gasteiger partial charge in [-0.25, -0.2) is 0 Å². The number of benzene rings is 1. The molecule has 0 spiro atoms. The van der Waals surface area contributed by atoms with Crippen LogP contribution >= 0.6 is 0 Å². The van der Waals surface area contributed by atoms with Crippen LogP contribution in [0.5, 0.6) is 11.5 Å². The summed E-state index contributed by atoms with van der Waals surface area (Å²) in [6.07, 6.45) is -0.181. The Balaban J connectivity index is 1.63. The van der Waals surface area contributed by atoms with Crippen LogP contribution in [-0.4, -0.2) is 60.1 Å². The van der Waals surface area contributed by atoms with Crippen molar-refractivity contribution in [3.8, 4) is 11.5 Å². The number of ether oxygens (including phenoxy) is 2. The van der Waals surface area contributed by atoms with E-state index in [1.54, 1.807) is 20.3 Å². The Morgan fingerprint density at radius 1 is 1.37 bits per heavy atom. The van der Waals surface area contributed by atoms with Gasteiger partial charge in [0.2, 0.25) is 0 Å². The molecule has 2 aromatic rings.